The molecule has 3 rings (SSSR count). The molecule has 0 bridgehead atoms. The number of nitriles is 1. The lowest BCUT2D eigenvalue weighted by molar-refractivity contribution is 0.147. The van der Waals surface area contributed by atoms with Gasteiger partial charge in [0.1, 0.15) is 0 Å². The topological polar surface area (TPSA) is 74.0 Å². The van der Waals surface area contributed by atoms with Crippen molar-refractivity contribution < 1.29 is 4.79 Å². The number of anilines is 1. The number of hydrogen-bond donors (Lipinski definition) is 1. The second-order valence-corrected chi connectivity index (χ2v) is 6.25. The van der Waals surface area contributed by atoms with Gasteiger partial charge < -0.3 is 4.90 Å². The molecule has 1 aromatic heterocycles. The highest BCUT2D eigenvalue weighted by Crippen LogP contribution is 2.37. The molecule has 1 aromatic rings. The minimum Gasteiger partial charge on any atom is -0.321 e. The maximum absolute atomic E-state index is 12.5. The van der Waals surface area contributed by atoms with Gasteiger partial charge >= 0.3 is 6.03 Å². The average molecular weight is 301 g/mol. The van der Waals surface area contributed by atoms with Gasteiger partial charge in [0.25, 0.3) is 0 Å². The van der Waals surface area contributed by atoms with Crippen LogP contribution in [-0.2, 0) is 6.54 Å². The Morgan fingerprint density at radius 2 is 2.27 bits per heavy atom. The van der Waals surface area contributed by atoms with Crippen molar-refractivity contribution in [2.24, 2.45) is 5.92 Å². The van der Waals surface area contributed by atoms with Gasteiger partial charge in [-0.3, -0.25) is 10.00 Å². The van der Waals surface area contributed by atoms with Crippen molar-refractivity contribution in [3.8, 4) is 6.07 Å². The summed E-state index contributed by atoms with van der Waals surface area (Å²) in [7, 11) is 0. The predicted molar refractivity (Wildman–Crippen MR) is 83.2 cm³/mol. The van der Waals surface area contributed by atoms with E-state index in [0.29, 0.717) is 30.7 Å². The molecule has 1 N–H and O–H groups in total. The molecular formula is C16H23N5O. The first-order chi connectivity index (χ1) is 10.8. The Morgan fingerprint density at radius 3 is 3.00 bits per heavy atom. The zero-order chi connectivity index (χ0) is 15.4. The Balaban J connectivity index is 1.53. The molecule has 6 heteroatoms. The summed E-state index contributed by atoms with van der Waals surface area (Å²) in [4.78, 5) is 14.5. The normalized spacial score (nSPS) is 21.4. The molecule has 0 radical (unpaired) electrons. The van der Waals surface area contributed by atoms with E-state index < -0.39 is 0 Å². The van der Waals surface area contributed by atoms with Crippen LogP contribution in [0.1, 0.15) is 44.9 Å². The number of unbranched alkanes of at least 4 members (excludes halogenated alkanes) is 1. The molecule has 0 unspecified atom stereocenters. The summed E-state index contributed by atoms with van der Waals surface area (Å²) < 4.78 is 1.78. The zero-order valence-corrected chi connectivity index (χ0v) is 12.9. The lowest BCUT2D eigenvalue weighted by atomic mass is 9.79. The average Bonchev–Trinajstić information content (AvgIpc) is 3.07. The van der Waals surface area contributed by atoms with E-state index in [1.807, 2.05) is 17.2 Å². The molecule has 2 heterocycles. The molecule has 1 saturated carbocycles. The fourth-order valence-electron chi connectivity index (χ4n) is 3.41. The van der Waals surface area contributed by atoms with Gasteiger partial charge in [-0.2, -0.15) is 10.4 Å². The van der Waals surface area contributed by atoms with Crippen LogP contribution in [0.4, 0.5) is 10.6 Å². The van der Waals surface area contributed by atoms with Gasteiger partial charge in [0.05, 0.1) is 6.07 Å². The summed E-state index contributed by atoms with van der Waals surface area (Å²) in [5, 5.41) is 15.8. The number of nitrogens with zero attached hydrogens (tertiary/aromatic N) is 4. The summed E-state index contributed by atoms with van der Waals surface area (Å²) in [6.45, 7) is 1.56. The van der Waals surface area contributed by atoms with E-state index in [9.17, 15) is 4.79 Å². The van der Waals surface area contributed by atoms with Crippen LogP contribution in [0.2, 0.25) is 0 Å². The number of rotatable bonds is 5. The first kappa shape index (κ1) is 14.9. The van der Waals surface area contributed by atoms with Crippen molar-refractivity contribution in [3.63, 3.8) is 0 Å². The van der Waals surface area contributed by atoms with E-state index in [-0.39, 0.29) is 6.03 Å². The molecule has 0 spiro atoms. The van der Waals surface area contributed by atoms with Gasteiger partial charge in [0, 0.05) is 37.8 Å². The SMILES string of the molecule is N#CCCCn1ccc(NC(=O)N2CCC[C@H]2C2CCC2)n1. The van der Waals surface area contributed by atoms with Crippen molar-refractivity contribution in [3.05, 3.63) is 12.3 Å². The van der Waals surface area contributed by atoms with Crippen molar-refractivity contribution in [1.82, 2.24) is 14.7 Å². The third-order valence-electron chi connectivity index (χ3n) is 4.81. The van der Waals surface area contributed by atoms with Crippen LogP contribution in [0.15, 0.2) is 12.3 Å². The van der Waals surface area contributed by atoms with Crippen molar-refractivity contribution in [2.45, 2.75) is 57.5 Å². The number of aromatic nitrogens is 2. The van der Waals surface area contributed by atoms with Gasteiger partial charge in [0.2, 0.25) is 0 Å². The van der Waals surface area contributed by atoms with Crippen LogP contribution in [0.5, 0.6) is 0 Å². The number of hydrogen-bond acceptors (Lipinski definition) is 3. The second-order valence-electron chi connectivity index (χ2n) is 6.25. The van der Waals surface area contributed by atoms with Gasteiger partial charge in [-0.05, 0) is 38.0 Å². The Labute approximate surface area is 131 Å². The summed E-state index contributed by atoms with van der Waals surface area (Å²) >= 11 is 0. The van der Waals surface area contributed by atoms with E-state index in [1.54, 1.807) is 4.68 Å². The van der Waals surface area contributed by atoms with Crippen LogP contribution < -0.4 is 5.32 Å². The number of carbonyl (C=O) groups is 1. The van der Waals surface area contributed by atoms with Gasteiger partial charge in [0.15, 0.2) is 5.82 Å². The highest BCUT2D eigenvalue weighted by atomic mass is 16.2. The molecule has 2 amide bonds. The van der Waals surface area contributed by atoms with Crippen LogP contribution in [0.3, 0.4) is 0 Å². The molecule has 1 saturated heterocycles. The molecule has 22 heavy (non-hydrogen) atoms. The lowest BCUT2D eigenvalue weighted by Gasteiger charge is -2.36. The Kier molecular flexibility index (Phi) is 4.62. The number of carbonyl (C=O) groups excluding carboxylic acids is 1. The summed E-state index contributed by atoms with van der Waals surface area (Å²) in [5.74, 6) is 1.30. The monoisotopic (exact) mass is 301 g/mol. The number of urea groups is 1. The van der Waals surface area contributed by atoms with Crippen molar-refractivity contribution in [1.29, 1.82) is 5.26 Å². The van der Waals surface area contributed by atoms with E-state index in [1.165, 1.54) is 19.3 Å². The third-order valence-corrected chi connectivity index (χ3v) is 4.81. The summed E-state index contributed by atoms with van der Waals surface area (Å²) in [5.41, 5.74) is 0. The number of nitrogens with one attached hydrogen (secondary N) is 1. The minimum absolute atomic E-state index is 0.0170. The fourth-order valence-corrected chi connectivity index (χ4v) is 3.41. The molecular weight excluding hydrogens is 278 g/mol. The van der Waals surface area contributed by atoms with Crippen molar-refractivity contribution in [2.75, 3.05) is 11.9 Å². The first-order valence-corrected chi connectivity index (χ1v) is 8.26. The van der Waals surface area contributed by atoms with Gasteiger partial charge in [-0.25, -0.2) is 4.79 Å². The fraction of sp³-hybridized carbons (Fsp3) is 0.688. The van der Waals surface area contributed by atoms with E-state index in [2.05, 4.69) is 16.5 Å². The van der Waals surface area contributed by atoms with Crippen LogP contribution in [-0.4, -0.2) is 33.3 Å². The number of aryl methyl sites for hydroxylation is 1. The van der Waals surface area contributed by atoms with Crippen LogP contribution in [0.25, 0.3) is 0 Å². The Bertz CT molecular complexity index is 557. The van der Waals surface area contributed by atoms with Crippen LogP contribution >= 0.6 is 0 Å². The largest absolute Gasteiger partial charge is 0.323 e. The smallest absolute Gasteiger partial charge is 0.321 e. The molecule has 2 aliphatic rings. The van der Waals surface area contributed by atoms with Crippen molar-refractivity contribution >= 4 is 11.8 Å². The standard InChI is InChI=1S/C16H23N5O/c17-9-1-2-10-20-12-8-15(19-20)18-16(22)21-11-4-7-14(21)13-5-3-6-13/h8,12-14H,1-7,10-11H2,(H,18,19,22)/t14-/m0/s1. The maximum Gasteiger partial charge on any atom is 0.323 e. The predicted octanol–water partition coefficient (Wildman–Crippen LogP) is 2.98. The molecule has 1 aliphatic heterocycles. The number of likely N-dealkylation sites (tertiary alicyclic amines) is 1. The molecule has 6 nitrogen and oxygen atoms in total. The molecule has 2 fully saturated rings. The first-order valence-electron chi connectivity index (χ1n) is 8.26. The molecule has 1 aliphatic carbocycles. The van der Waals surface area contributed by atoms with E-state index in [4.69, 9.17) is 5.26 Å². The lowest BCUT2D eigenvalue weighted by Crippen LogP contribution is -2.44. The zero-order valence-electron chi connectivity index (χ0n) is 12.9. The van der Waals surface area contributed by atoms with Crippen LogP contribution in [0, 0.1) is 17.2 Å². The Hall–Kier alpha value is -2.03. The minimum atomic E-state index is -0.0170. The molecule has 118 valence electrons. The van der Waals surface area contributed by atoms with E-state index >= 15 is 0 Å². The second kappa shape index (κ2) is 6.82. The highest BCUT2D eigenvalue weighted by molar-refractivity contribution is 5.88. The van der Waals surface area contributed by atoms with E-state index in [0.717, 1.165) is 25.8 Å². The highest BCUT2D eigenvalue weighted by Gasteiger charge is 2.37. The quantitative estimate of drug-likeness (QED) is 0.850. The third kappa shape index (κ3) is 3.24. The summed E-state index contributed by atoms with van der Waals surface area (Å²) in [6, 6.07) is 4.35. The van der Waals surface area contributed by atoms with Gasteiger partial charge in [-0.15, -0.1) is 0 Å². The molecule has 1 atom stereocenters. The molecule has 0 aromatic carbocycles. The number of amides is 2. The van der Waals surface area contributed by atoms with Gasteiger partial charge in [-0.1, -0.05) is 6.42 Å². The summed E-state index contributed by atoms with van der Waals surface area (Å²) in [6.07, 6.45) is 9.24. The maximum atomic E-state index is 12.5. The Morgan fingerprint density at radius 1 is 1.41 bits per heavy atom.